The standard InChI is InChI=1S/C5H8N2O2.H3N/c8-5(9)4-6-2-1-3-7-4;/h1-2,4,6-7H,3H2,(H,8,9);1H3. The Morgan fingerprint density at radius 2 is 2.40 bits per heavy atom. The summed E-state index contributed by atoms with van der Waals surface area (Å²) in [4.78, 5) is 10.2. The Balaban J connectivity index is 0.000000810. The van der Waals surface area contributed by atoms with Crippen LogP contribution < -0.4 is 16.8 Å². The molecule has 0 aromatic rings. The van der Waals surface area contributed by atoms with Crippen molar-refractivity contribution in [2.45, 2.75) is 6.17 Å². The third-order valence-electron chi connectivity index (χ3n) is 1.07. The van der Waals surface area contributed by atoms with E-state index in [1.165, 1.54) is 0 Å². The van der Waals surface area contributed by atoms with Gasteiger partial charge in [0.15, 0.2) is 6.17 Å². The summed E-state index contributed by atoms with van der Waals surface area (Å²) in [5.41, 5.74) is 0. The first-order valence-corrected chi connectivity index (χ1v) is 2.68. The summed E-state index contributed by atoms with van der Waals surface area (Å²) in [5.74, 6) is -0.876. The van der Waals surface area contributed by atoms with Crippen LogP contribution in [0.2, 0.25) is 0 Å². The van der Waals surface area contributed by atoms with Crippen LogP contribution in [0.3, 0.4) is 0 Å². The molecule has 1 rings (SSSR count). The van der Waals surface area contributed by atoms with Gasteiger partial charge in [-0.15, -0.1) is 0 Å². The van der Waals surface area contributed by atoms with Crippen molar-refractivity contribution in [1.82, 2.24) is 16.8 Å². The lowest BCUT2D eigenvalue weighted by Gasteiger charge is -2.16. The molecule has 1 aliphatic heterocycles. The van der Waals surface area contributed by atoms with E-state index in [9.17, 15) is 4.79 Å². The van der Waals surface area contributed by atoms with Crippen molar-refractivity contribution in [2.24, 2.45) is 0 Å². The predicted octanol–water partition coefficient (Wildman–Crippen LogP) is -0.734. The molecule has 10 heavy (non-hydrogen) atoms. The minimum atomic E-state index is -0.876. The van der Waals surface area contributed by atoms with Crippen LogP contribution in [-0.4, -0.2) is 23.8 Å². The molecule has 58 valence electrons. The molecule has 0 fully saturated rings. The molecule has 0 amide bonds. The molecule has 0 saturated heterocycles. The van der Waals surface area contributed by atoms with E-state index < -0.39 is 12.1 Å². The second-order valence-electron chi connectivity index (χ2n) is 1.75. The van der Waals surface area contributed by atoms with Gasteiger partial charge in [-0.05, 0) is 6.20 Å². The van der Waals surface area contributed by atoms with Gasteiger partial charge >= 0.3 is 5.97 Å². The summed E-state index contributed by atoms with van der Waals surface area (Å²) in [6.45, 7) is 0.615. The largest absolute Gasteiger partial charge is 0.479 e. The number of hydrogen-bond acceptors (Lipinski definition) is 4. The van der Waals surface area contributed by atoms with Crippen LogP contribution in [0, 0.1) is 0 Å². The van der Waals surface area contributed by atoms with Gasteiger partial charge < -0.3 is 16.6 Å². The van der Waals surface area contributed by atoms with E-state index in [0.717, 1.165) is 0 Å². The Hall–Kier alpha value is -1.07. The number of nitrogens with one attached hydrogen (secondary N) is 2. The van der Waals surface area contributed by atoms with Crippen molar-refractivity contribution in [1.29, 1.82) is 0 Å². The predicted molar refractivity (Wildman–Crippen MR) is 36.7 cm³/mol. The zero-order valence-electron chi connectivity index (χ0n) is 5.50. The summed E-state index contributed by atoms with van der Waals surface area (Å²) < 4.78 is 0. The highest BCUT2D eigenvalue weighted by Gasteiger charge is 2.14. The Kier molecular flexibility index (Phi) is 3.45. The Bertz CT molecular complexity index is 146. The molecule has 0 saturated carbocycles. The lowest BCUT2D eigenvalue weighted by Crippen LogP contribution is -2.48. The molecular weight excluding hydrogens is 134 g/mol. The second-order valence-corrected chi connectivity index (χ2v) is 1.75. The van der Waals surface area contributed by atoms with E-state index in [1.54, 1.807) is 6.20 Å². The third kappa shape index (κ3) is 2.04. The van der Waals surface area contributed by atoms with Crippen LogP contribution >= 0.6 is 0 Å². The van der Waals surface area contributed by atoms with Crippen LogP contribution in [0.5, 0.6) is 0 Å². The van der Waals surface area contributed by atoms with Crippen molar-refractivity contribution < 1.29 is 9.90 Å². The van der Waals surface area contributed by atoms with E-state index >= 15 is 0 Å². The Labute approximate surface area is 58.7 Å². The monoisotopic (exact) mass is 145 g/mol. The van der Waals surface area contributed by atoms with E-state index in [-0.39, 0.29) is 6.15 Å². The van der Waals surface area contributed by atoms with Crippen LogP contribution in [0.4, 0.5) is 0 Å². The number of carboxylic acids is 1. The highest BCUT2D eigenvalue weighted by molar-refractivity contribution is 5.73. The molecule has 0 aliphatic carbocycles. The first kappa shape index (κ1) is 8.93. The van der Waals surface area contributed by atoms with Gasteiger partial charge in [0.2, 0.25) is 0 Å². The average Bonchev–Trinajstić information content (AvgIpc) is 1.90. The van der Waals surface area contributed by atoms with Crippen molar-refractivity contribution in [3.63, 3.8) is 0 Å². The maximum atomic E-state index is 10.2. The van der Waals surface area contributed by atoms with Crippen LogP contribution in [0.15, 0.2) is 12.3 Å². The molecule has 0 aromatic heterocycles. The molecule has 1 aliphatic rings. The van der Waals surface area contributed by atoms with Crippen LogP contribution in [0.25, 0.3) is 0 Å². The first-order valence-electron chi connectivity index (χ1n) is 2.68. The number of hydrogen-bond donors (Lipinski definition) is 4. The number of carboxylic acid groups (broad SMARTS) is 1. The third-order valence-corrected chi connectivity index (χ3v) is 1.07. The first-order chi connectivity index (χ1) is 4.30. The molecule has 1 heterocycles. The summed E-state index contributed by atoms with van der Waals surface area (Å²) in [7, 11) is 0. The second kappa shape index (κ2) is 3.86. The molecule has 0 bridgehead atoms. The summed E-state index contributed by atoms with van der Waals surface area (Å²) in [6, 6.07) is 0. The topological polar surface area (TPSA) is 96.4 Å². The Morgan fingerprint density at radius 1 is 1.70 bits per heavy atom. The molecule has 0 spiro atoms. The van der Waals surface area contributed by atoms with Crippen molar-refractivity contribution in [3.8, 4) is 0 Å². The van der Waals surface area contributed by atoms with Gasteiger partial charge in [-0.25, -0.2) is 4.79 Å². The van der Waals surface area contributed by atoms with E-state index in [0.29, 0.717) is 6.54 Å². The van der Waals surface area contributed by atoms with E-state index in [2.05, 4.69) is 10.6 Å². The molecule has 1 atom stereocenters. The average molecular weight is 145 g/mol. The molecule has 1 unspecified atom stereocenters. The van der Waals surface area contributed by atoms with Gasteiger partial charge in [0, 0.05) is 6.54 Å². The summed E-state index contributed by atoms with van der Waals surface area (Å²) >= 11 is 0. The fraction of sp³-hybridized carbons (Fsp3) is 0.400. The molecule has 6 N–H and O–H groups in total. The highest BCUT2D eigenvalue weighted by Crippen LogP contribution is 1.84. The lowest BCUT2D eigenvalue weighted by atomic mass is 10.4. The minimum absolute atomic E-state index is 0. The zero-order chi connectivity index (χ0) is 6.69. The zero-order valence-corrected chi connectivity index (χ0v) is 5.50. The van der Waals surface area contributed by atoms with Crippen molar-refractivity contribution in [2.75, 3.05) is 6.54 Å². The summed E-state index contributed by atoms with van der Waals surface area (Å²) in [5, 5.41) is 13.7. The molecule has 5 nitrogen and oxygen atoms in total. The maximum absolute atomic E-state index is 10.2. The van der Waals surface area contributed by atoms with Crippen LogP contribution in [0.1, 0.15) is 0 Å². The molecule has 5 heteroatoms. The Morgan fingerprint density at radius 3 is 2.70 bits per heavy atom. The maximum Gasteiger partial charge on any atom is 0.341 e. The quantitative estimate of drug-likeness (QED) is 0.390. The highest BCUT2D eigenvalue weighted by atomic mass is 16.4. The number of rotatable bonds is 1. The molecular formula is C5H11N3O2. The smallest absolute Gasteiger partial charge is 0.341 e. The van der Waals surface area contributed by atoms with E-state index in [1.807, 2.05) is 6.08 Å². The SMILES string of the molecule is N.O=C(O)C1NC=CCN1. The fourth-order valence-corrected chi connectivity index (χ4v) is 0.627. The molecule has 0 aromatic carbocycles. The van der Waals surface area contributed by atoms with Crippen LogP contribution in [-0.2, 0) is 4.79 Å². The molecule has 0 radical (unpaired) electrons. The van der Waals surface area contributed by atoms with Gasteiger partial charge in [-0.3, -0.25) is 5.32 Å². The van der Waals surface area contributed by atoms with Gasteiger partial charge in [-0.2, -0.15) is 0 Å². The lowest BCUT2D eigenvalue weighted by molar-refractivity contribution is -0.140. The number of aliphatic carboxylic acids is 1. The fourth-order valence-electron chi connectivity index (χ4n) is 0.627. The van der Waals surface area contributed by atoms with Crippen molar-refractivity contribution >= 4 is 5.97 Å². The van der Waals surface area contributed by atoms with Gasteiger partial charge in [-0.1, -0.05) is 6.08 Å². The van der Waals surface area contributed by atoms with Crippen molar-refractivity contribution in [3.05, 3.63) is 12.3 Å². The number of carbonyl (C=O) groups is 1. The summed E-state index contributed by atoms with van der Waals surface area (Å²) in [6.07, 6.45) is 2.84. The van der Waals surface area contributed by atoms with Gasteiger partial charge in [0.05, 0.1) is 0 Å². The van der Waals surface area contributed by atoms with E-state index in [4.69, 9.17) is 5.11 Å². The normalized spacial score (nSPS) is 22.6. The minimum Gasteiger partial charge on any atom is -0.479 e. The van der Waals surface area contributed by atoms with Gasteiger partial charge in [0.25, 0.3) is 0 Å². The van der Waals surface area contributed by atoms with Gasteiger partial charge in [0.1, 0.15) is 0 Å².